The van der Waals surface area contributed by atoms with Crippen LogP contribution in [0.15, 0.2) is 72.8 Å². The number of fused-ring (bicyclic) bond motifs is 1. The van der Waals surface area contributed by atoms with Crippen molar-refractivity contribution in [1.82, 2.24) is 9.80 Å². The number of likely N-dealkylation sites (N-methyl/N-ethyl adjacent to an activating group) is 1. The Balaban J connectivity index is 1.68. The Labute approximate surface area is 220 Å². The fourth-order valence-corrected chi connectivity index (χ4v) is 4.83. The monoisotopic (exact) mass is 502 g/mol. The largest absolute Gasteiger partial charge is 0.444 e. The average molecular weight is 503 g/mol. The summed E-state index contributed by atoms with van der Waals surface area (Å²) in [5.41, 5.74) is 1.41. The molecule has 2 amide bonds. The molecule has 1 heterocycles. The van der Waals surface area contributed by atoms with Gasteiger partial charge in [0.25, 0.3) is 0 Å². The third kappa shape index (κ3) is 7.10. The predicted molar refractivity (Wildman–Crippen MR) is 147 cm³/mol. The van der Waals surface area contributed by atoms with Gasteiger partial charge in [-0.15, -0.1) is 0 Å². The summed E-state index contributed by atoms with van der Waals surface area (Å²) in [7, 11) is 1.75. The van der Waals surface area contributed by atoms with Crippen molar-refractivity contribution in [2.24, 2.45) is 0 Å². The van der Waals surface area contributed by atoms with E-state index in [2.05, 4.69) is 30.3 Å². The van der Waals surface area contributed by atoms with Gasteiger partial charge in [-0.05, 0) is 55.5 Å². The Morgan fingerprint density at radius 2 is 1.54 bits per heavy atom. The molecule has 0 bridgehead atoms. The topological polar surface area (TPSA) is 59.1 Å². The molecular formula is C31H38N2O4. The number of amides is 2. The molecule has 2 atom stereocenters. The average Bonchev–Trinajstić information content (AvgIpc) is 3.42. The van der Waals surface area contributed by atoms with Crippen LogP contribution in [0.1, 0.15) is 56.8 Å². The minimum atomic E-state index is -0.596. The van der Waals surface area contributed by atoms with Gasteiger partial charge in [0, 0.05) is 32.6 Å². The molecule has 3 aromatic carbocycles. The summed E-state index contributed by atoms with van der Waals surface area (Å²) in [6.07, 6.45) is 1.25. The lowest BCUT2D eigenvalue weighted by Crippen LogP contribution is -2.38. The predicted octanol–water partition coefficient (Wildman–Crippen LogP) is 6.17. The van der Waals surface area contributed by atoms with E-state index in [4.69, 9.17) is 9.47 Å². The highest BCUT2D eigenvalue weighted by Crippen LogP contribution is 2.36. The summed E-state index contributed by atoms with van der Waals surface area (Å²) in [6, 6.07) is 24.5. The summed E-state index contributed by atoms with van der Waals surface area (Å²) in [5.74, 6) is -0.216. The van der Waals surface area contributed by atoms with Crippen molar-refractivity contribution in [2.75, 3.05) is 33.3 Å². The van der Waals surface area contributed by atoms with Gasteiger partial charge in [0.05, 0.1) is 6.10 Å². The number of nitrogens with zero attached hydrogens (tertiary/aromatic N) is 2. The molecule has 0 radical (unpaired) electrons. The molecule has 3 aromatic rings. The van der Waals surface area contributed by atoms with Gasteiger partial charge in [-0.25, -0.2) is 4.79 Å². The molecule has 196 valence electrons. The van der Waals surface area contributed by atoms with Gasteiger partial charge in [-0.1, -0.05) is 72.8 Å². The molecule has 1 saturated heterocycles. The first-order valence-electron chi connectivity index (χ1n) is 13.1. The maximum absolute atomic E-state index is 12.9. The molecule has 4 rings (SSSR count). The molecule has 1 fully saturated rings. The second kappa shape index (κ2) is 11.8. The summed E-state index contributed by atoms with van der Waals surface area (Å²) >= 11 is 0. The molecule has 1 aliphatic rings. The number of benzene rings is 3. The van der Waals surface area contributed by atoms with Crippen LogP contribution in [0.2, 0.25) is 0 Å². The molecule has 6 nitrogen and oxygen atoms in total. The zero-order valence-corrected chi connectivity index (χ0v) is 22.4. The highest BCUT2D eigenvalue weighted by Gasteiger charge is 2.31. The van der Waals surface area contributed by atoms with Gasteiger partial charge in [-0.2, -0.15) is 0 Å². The van der Waals surface area contributed by atoms with E-state index in [0.717, 1.165) is 47.8 Å². The van der Waals surface area contributed by atoms with Crippen molar-refractivity contribution < 1.29 is 19.1 Å². The normalized spacial score (nSPS) is 15.4. The second-order valence-corrected chi connectivity index (χ2v) is 10.8. The molecule has 0 unspecified atom stereocenters. The zero-order chi connectivity index (χ0) is 26.4. The highest BCUT2D eigenvalue weighted by molar-refractivity contribution is 5.83. The van der Waals surface area contributed by atoms with Crippen LogP contribution < -0.4 is 0 Å². The van der Waals surface area contributed by atoms with E-state index in [0.29, 0.717) is 6.54 Å². The third-order valence-corrected chi connectivity index (χ3v) is 6.72. The fraction of sp³-hybridized carbons (Fsp3) is 0.419. The van der Waals surface area contributed by atoms with Crippen LogP contribution in [0.3, 0.4) is 0 Å². The van der Waals surface area contributed by atoms with Crippen LogP contribution >= 0.6 is 0 Å². The van der Waals surface area contributed by atoms with Gasteiger partial charge in [-0.3, -0.25) is 4.79 Å². The third-order valence-electron chi connectivity index (χ3n) is 6.72. The number of rotatable bonds is 8. The second-order valence-electron chi connectivity index (χ2n) is 10.8. The van der Waals surface area contributed by atoms with Crippen LogP contribution in [-0.4, -0.2) is 60.7 Å². The van der Waals surface area contributed by atoms with E-state index in [1.807, 2.05) is 68.1 Å². The Morgan fingerprint density at radius 1 is 0.892 bits per heavy atom. The van der Waals surface area contributed by atoms with Gasteiger partial charge in [0.1, 0.15) is 12.2 Å². The number of likely N-dealkylation sites (tertiary alicyclic amines) is 1. The first kappa shape index (κ1) is 26.7. The van der Waals surface area contributed by atoms with Crippen LogP contribution in [0.25, 0.3) is 10.8 Å². The molecule has 6 heteroatoms. The Morgan fingerprint density at radius 3 is 2.22 bits per heavy atom. The SMILES string of the molecule is CN(C[C@@H](c1ccc2ccccc2c1)[C@H](OCC(=O)N1CCCC1)c1ccccc1)C(=O)OC(C)(C)C. The van der Waals surface area contributed by atoms with Crippen molar-refractivity contribution in [1.29, 1.82) is 0 Å². The summed E-state index contributed by atoms with van der Waals surface area (Å²) < 4.78 is 12.1. The zero-order valence-electron chi connectivity index (χ0n) is 22.4. The molecule has 1 aliphatic heterocycles. The van der Waals surface area contributed by atoms with E-state index < -0.39 is 17.8 Å². The van der Waals surface area contributed by atoms with Crippen LogP contribution in [0.5, 0.6) is 0 Å². The van der Waals surface area contributed by atoms with Crippen LogP contribution in [-0.2, 0) is 14.3 Å². The quantitative estimate of drug-likeness (QED) is 0.370. The van der Waals surface area contributed by atoms with Crippen molar-refractivity contribution in [2.45, 2.75) is 51.2 Å². The minimum absolute atomic E-state index is 0.000204. The lowest BCUT2D eigenvalue weighted by atomic mass is 9.87. The molecule has 0 N–H and O–H groups in total. The molecule has 0 saturated carbocycles. The fourth-order valence-electron chi connectivity index (χ4n) is 4.83. The lowest BCUT2D eigenvalue weighted by Gasteiger charge is -2.33. The van der Waals surface area contributed by atoms with Gasteiger partial charge in [0.2, 0.25) is 5.91 Å². The summed E-state index contributed by atoms with van der Waals surface area (Å²) in [4.78, 5) is 29.3. The standard InChI is InChI=1S/C31H38N2O4/c1-31(2,3)37-30(35)32(4)21-27(26-17-16-23-12-8-9-15-25(23)20-26)29(24-13-6-5-7-14-24)36-22-28(34)33-18-10-11-19-33/h5-9,12-17,20,27,29H,10-11,18-19,21-22H2,1-4H3/t27-,29+/m0/s1. The maximum Gasteiger partial charge on any atom is 0.410 e. The van der Waals surface area contributed by atoms with Crippen molar-refractivity contribution in [3.8, 4) is 0 Å². The van der Waals surface area contributed by atoms with E-state index >= 15 is 0 Å². The summed E-state index contributed by atoms with van der Waals surface area (Å²) in [6.45, 7) is 7.52. The number of carbonyl (C=O) groups excluding carboxylic acids is 2. The summed E-state index contributed by atoms with van der Waals surface area (Å²) in [5, 5.41) is 2.26. The molecule has 0 aromatic heterocycles. The van der Waals surface area contributed by atoms with E-state index in [-0.39, 0.29) is 18.4 Å². The maximum atomic E-state index is 12.9. The number of ether oxygens (including phenoxy) is 2. The van der Waals surface area contributed by atoms with Gasteiger partial charge >= 0.3 is 6.09 Å². The molecule has 0 spiro atoms. The van der Waals surface area contributed by atoms with E-state index in [9.17, 15) is 9.59 Å². The van der Waals surface area contributed by atoms with Crippen LogP contribution in [0.4, 0.5) is 4.79 Å². The van der Waals surface area contributed by atoms with Gasteiger partial charge < -0.3 is 19.3 Å². The minimum Gasteiger partial charge on any atom is -0.444 e. The Kier molecular flexibility index (Phi) is 8.49. The Hall–Kier alpha value is -3.38. The van der Waals surface area contributed by atoms with Crippen molar-refractivity contribution in [3.63, 3.8) is 0 Å². The number of carbonyl (C=O) groups is 2. The first-order valence-corrected chi connectivity index (χ1v) is 13.1. The van der Waals surface area contributed by atoms with Crippen molar-refractivity contribution in [3.05, 3.63) is 83.9 Å². The Bertz CT molecular complexity index is 1200. The molecule has 0 aliphatic carbocycles. The molecular weight excluding hydrogens is 464 g/mol. The number of hydrogen-bond donors (Lipinski definition) is 0. The van der Waals surface area contributed by atoms with Crippen LogP contribution in [0, 0.1) is 0 Å². The first-order chi connectivity index (χ1) is 17.7. The molecule has 37 heavy (non-hydrogen) atoms. The van der Waals surface area contributed by atoms with E-state index in [1.54, 1.807) is 11.9 Å². The highest BCUT2D eigenvalue weighted by atomic mass is 16.6. The lowest BCUT2D eigenvalue weighted by molar-refractivity contribution is -0.138. The van der Waals surface area contributed by atoms with Gasteiger partial charge in [0.15, 0.2) is 0 Å². The number of hydrogen-bond acceptors (Lipinski definition) is 4. The van der Waals surface area contributed by atoms with Crippen molar-refractivity contribution >= 4 is 22.8 Å². The van der Waals surface area contributed by atoms with E-state index in [1.165, 1.54) is 0 Å². The smallest absolute Gasteiger partial charge is 0.410 e.